The Labute approximate surface area is 166 Å². The Morgan fingerprint density at radius 3 is 2.40 bits per heavy atom. The van der Waals surface area contributed by atoms with E-state index in [1.807, 2.05) is 11.8 Å². The van der Waals surface area contributed by atoms with Gasteiger partial charge in [-0.05, 0) is 0 Å². The van der Waals surface area contributed by atoms with Crippen LogP contribution in [0, 0.1) is 0 Å². The van der Waals surface area contributed by atoms with Gasteiger partial charge in [-0.15, -0.1) is 0 Å². The fourth-order valence-electron chi connectivity index (χ4n) is 2.46. The minimum Gasteiger partial charge on any atom is -1.00 e. The molecule has 0 spiro atoms. The van der Waals surface area contributed by atoms with E-state index in [2.05, 4.69) is 48.8 Å². The number of benzene rings is 1. The SMILES string of the molecule is CC1=[C]([Zr+3])c2c(Br)c3c(cc2=C1)SC(C)C=3C.[Cl-].[Cl-].[Cl-]. The number of rotatable bonds is 0. The summed E-state index contributed by atoms with van der Waals surface area (Å²) in [6.07, 6.45) is 2.32. The van der Waals surface area contributed by atoms with Crippen LogP contribution >= 0.6 is 27.7 Å². The quantitative estimate of drug-likeness (QED) is 0.350. The fourth-order valence-corrected chi connectivity index (χ4v) is 6.08. The second kappa shape index (κ2) is 7.71. The Balaban J connectivity index is 0.00000120. The summed E-state index contributed by atoms with van der Waals surface area (Å²) in [7, 11) is 0. The molecule has 0 N–H and O–H groups in total. The largest absolute Gasteiger partial charge is 1.00 e. The van der Waals surface area contributed by atoms with Crippen LogP contribution in [0.2, 0.25) is 0 Å². The van der Waals surface area contributed by atoms with E-state index < -0.39 is 0 Å². The van der Waals surface area contributed by atoms with Crippen LogP contribution in [0.15, 0.2) is 21.0 Å². The molecule has 1 aliphatic carbocycles. The number of thioether (sulfide) groups is 1. The molecule has 6 heteroatoms. The summed E-state index contributed by atoms with van der Waals surface area (Å²) in [6.45, 7) is 6.77. The summed E-state index contributed by atoms with van der Waals surface area (Å²) in [6, 6.07) is 2.37. The van der Waals surface area contributed by atoms with Crippen molar-refractivity contribution in [2.45, 2.75) is 30.9 Å². The van der Waals surface area contributed by atoms with Crippen LogP contribution in [0.3, 0.4) is 0 Å². The average Bonchev–Trinajstić information content (AvgIpc) is 2.68. The van der Waals surface area contributed by atoms with E-state index in [1.165, 1.54) is 64.5 Å². The number of hydrogen-bond acceptors (Lipinski definition) is 1. The minimum atomic E-state index is 0. The molecule has 1 aliphatic heterocycles. The van der Waals surface area contributed by atoms with Crippen molar-refractivity contribution in [1.82, 2.24) is 0 Å². The van der Waals surface area contributed by atoms with Crippen LogP contribution in [-0.4, -0.2) is 5.25 Å². The Bertz CT molecular complexity index is 697. The van der Waals surface area contributed by atoms with E-state index in [4.69, 9.17) is 0 Å². The monoisotopic (exact) mass is 486 g/mol. The van der Waals surface area contributed by atoms with Crippen molar-refractivity contribution in [3.63, 3.8) is 0 Å². The Hall–Kier alpha value is 1.28. The first-order valence-corrected chi connectivity index (χ1v) is 8.55. The molecule has 0 amide bonds. The zero-order chi connectivity index (χ0) is 12.3. The maximum absolute atomic E-state index is 3.85. The van der Waals surface area contributed by atoms with Gasteiger partial charge in [0.25, 0.3) is 0 Å². The van der Waals surface area contributed by atoms with Crippen molar-refractivity contribution in [2.24, 2.45) is 0 Å². The molecule has 0 nitrogen and oxygen atoms in total. The van der Waals surface area contributed by atoms with Crippen LogP contribution in [0.4, 0.5) is 0 Å². The molecule has 1 atom stereocenters. The molecule has 1 aromatic rings. The average molecular weight is 490 g/mol. The number of allylic oxidation sites excluding steroid dienone is 1. The second-order valence-corrected chi connectivity index (χ2v) is 8.08. The normalized spacial score (nSPS) is 18.5. The Morgan fingerprint density at radius 2 is 1.80 bits per heavy atom. The maximum Gasteiger partial charge on any atom is -1.00 e. The van der Waals surface area contributed by atoms with Gasteiger partial charge in [-0.2, -0.15) is 0 Å². The smallest absolute Gasteiger partial charge is 1.00 e. The Kier molecular flexibility index (Phi) is 8.20. The summed E-state index contributed by atoms with van der Waals surface area (Å²) in [5.41, 5.74) is 4.37. The molecule has 1 unspecified atom stereocenters. The number of halogens is 4. The summed E-state index contributed by atoms with van der Waals surface area (Å²) in [5, 5.41) is 3.46. The van der Waals surface area contributed by atoms with E-state index in [0.29, 0.717) is 5.25 Å². The molecule has 1 aromatic carbocycles. The fraction of sp³-hybridized carbons (Fsp3) is 0.286. The Morgan fingerprint density at radius 1 is 1.20 bits per heavy atom. The number of hydrogen-bond donors (Lipinski definition) is 0. The van der Waals surface area contributed by atoms with Crippen LogP contribution in [0.25, 0.3) is 14.9 Å². The van der Waals surface area contributed by atoms with Gasteiger partial charge < -0.3 is 37.2 Å². The van der Waals surface area contributed by atoms with Gasteiger partial charge in [0.2, 0.25) is 0 Å². The number of fused-ring (bicyclic) bond motifs is 2. The molecule has 0 saturated heterocycles. The maximum atomic E-state index is 3.85. The van der Waals surface area contributed by atoms with Crippen LogP contribution < -0.4 is 47.7 Å². The first-order chi connectivity index (χ1) is 8.00. The third-order valence-electron chi connectivity index (χ3n) is 3.58. The van der Waals surface area contributed by atoms with E-state index in [0.717, 1.165) is 0 Å². The van der Waals surface area contributed by atoms with Crippen molar-refractivity contribution in [3.05, 3.63) is 32.1 Å². The van der Waals surface area contributed by atoms with Crippen molar-refractivity contribution in [2.75, 3.05) is 0 Å². The molecule has 3 rings (SSSR count). The summed E-state index contributed by atoms with van der Waals surface area (Å²) >= 11 is 7.34. The topological polar surface area (TPSA) is 0 Å². The van der Waals surface area contributed by atoms with Gasteiger partial charge in [-0.3, -0.25) is 0 Å². The second-order valence-electron chi connectivity index (χ2n) is 4.67. The van der Waals surface area contributed by atoms with Gasteiger partial charge in [0.15, 0.2) is 0 Å². The minimum absolute atomic E-state index is 0. The molecule has 20 heavy (non-hydrogen) atoms. The van der Waals surface area contributed by atoms with E-state index in [9.17, 15) is 0 Å². The molecule has 0 saturated carbocycles. The van der Waals surface area contributed by atoms with Gasteiger partial charge in [0, 0.05) is 0 Å². The predicted molar refractivity (Wildman–Crippen MR) is 74.9 cm³/mol. The van der Waals surface area contributed by atoms with Gasteiger partial charge in [-0.1, -0.05) is 0 Å². The molecule has 0 radical (unpaired) electrons. The predicted octanol–water partition coefficient (Wildman–Crippen LogP) is -5.80. The van der Waals surface area contributed by atoms with Crippen molar-refractivity contribution >= 4 is 42.6 Å². The van der Waals surface area contributed by atoms with Crippen LogP contribution in [0.5, 0.6) is 0 Å². The zero-order valence-electron chi connectivity index (χ0n) is 11.2. The first-order valence-electron chi connectivity index (χ1n) is 5.65. The van der Waals surface area contributed by atoms with Crippen molar-refractivity contribution in [3.8, 4) is 0 Å². The molecule has 0 bridgehead atoms. The molecule has 2 aliphatic rings. The molecular formula is C14H12BrCl3SZr. The van der Waals surface area contributed by atoms with Crippen molar-refractivity contribution in [1.29, 1.82) is 0 Å². The van der Waals surface area contributed by atoms with Gasteiger partial charge >= 0.3 is 130 Å². The van der Waals surface area contributed by atoms with Gasteiger partial charge in [-0.25, -0.2) is 0 Å². The van der Waals surface area contributed by atoms with E-state index in [-0.39, 0.29) is 37.2 Å². The van der Waals surface area contributed by atoms with Crippen molar-refractivity contribution < 1.29 is 61.9 Å². The standard InChI is InChI=1S/C14H12BrS.3ClH.Zr/c1-7-4-10-6-12-13(8(2)9(3)16-12)14(15)11(10)5-7;;;;/h4,6,9H,1-3H3;3*1H;/q;;;;+3/p-3. The summed E-state index contributed by atoms with van der Waals surface area (Å²) in [4.78, 5) is 1.44. The van der Waals surface area contributed by atoms with Gasteiger partial charge in [0.05, 0.1) is 0 Å². The summed E-state index contributed by atoms with van der Waals surface area (Å²) < 4.78 is 2.82. The first kappa shape index (κ1) is 21.3. The molecule has 0 fully saturated rings. The third kappa shape index (κ3) is 3.14. The van der Waals surface area contributed by atoms with Gasteiger partial charge in [0.1, 0.15) is 0 Å². The molecule has 0 aromatic heterocycles. The van der Waals surface area contributed by atoms with E-state index in [1.54, 1.807) is 0 Å². The van der Waals surface area contributed by atoms with Crippen LogP contribution in [0.1, 0.15) is 26.3 Å². The van der Waals surface area contributed by atoms with Crippen LogP contribution in [-0.2, 0) is 24.7 Å². The summed E-state index contributed by atoms with van der Waals surface area (Å²) in [5.74, 6) is 0. The molecular weight excluding hydrogens is 478 g/mol. The molecule has 1 heterocycles. The molecule has 106 valence electrons. The zero-order valence-corrected chi connectivity index (χ0v) is 18.3. The third-order valence-corrected chi connectivity index (χ3v) is 7.24. The van der Waals surface area contributed by atoms with E-state index >= 15 is 0 Å².